The molecule has 0 atom stereocenters. The second-order valence-electron chi connectivity index (χ2n) is 5.11. The van der Waals surface area contributed by atoms with Crippen LogP contribution in [-0.4, -0.2) is 13.1 Å². The maximum absolute atomic E-state index is 13.7. The molecule has 4 heteroatoms. The van der Waals surface area contributed by atoms with E-state index in [0.29, 0.717) is 11.4 Å². The number of benzene rings is 2. The lowest BCUT2D eigenvalue weighted by molar-refractivity contribution is 0.632. The molecular weight excluding hydrogens is 253 g/mol. The number of nitrogens with one attached hydrogen (secondary N) is 1. The smallest absolute Gasteiger partial charge is 0.148 e. The van der Waals surface area contributed by atoms with E-state index in [1.165, 1.54) is 24.6 Å². The van der Waals surface area contributed by atoms with E-state index in [0.717, 1.165) is 18.8 Å². The minimum absolute atomic E-state index is 0.339. The number of nitrogen functional groups attached to an aromatic ring is 1. The summed E-state index contributed by atoms with van der Waals surface area (Å²) in [5.41, 5.74) is 8.50. The van der Waals surface area contributed by atoms with Crippen LogP contribution in [0.3, 0.4) is 0 Å². The van der Waals surface area contributed by atoms with Gasteiger partial charge in [-0.05, 0) is 55.3 Å². The molecule has 3 rings (SSSR count). The molecule has 0 aliphatic carbocycles. The van der Waals surface area contributed by atoms with Gasteiger partial charge in [0.1, 0.15) is 5.82 Å². The third-order valence-corrected chi connectivity index (χ3v) is 3.61. The molecule has 0 amide bonds. The quantitative estimate of drug-likeness (QED) is 0.835. The average Bonchev–Trinajstić information content (AvgIpc) is 2.97. The Hall–Kier alpha value is -2.23. The van der Waals surface area contributed by atoms with Crippen molar-refractivity contribution in [2.75, 3.05) is 29.0 Å². The molecular formula is C16H18FN3. The summed E-state index contributed by atoms with van der Waals surface area (Å²) in [6, 6.07) is 12.8. The molecule has 1 saturated heterocycles. The van der Waals surface area contributed by atoms with Crippen molar-refractivity contribution in [1.29, 1.82) is 0 Å². The number of nitrogens with two attached hydrogens (primary N) is 1. The summed E-state index contributed by atoms with van der Waals surface area (Å²) in [6.07, 6.45) is 2.52. The first-order valence-electron chi connectivity index (χ1n) is 6.89. The topological polar surface area (TPSA) is 41.3 Å². The van der Waals surface area contributed by atoms with Crippen LogP contribution in [-0.2, 0) is 0 Å². The molecule has 0 aromatic heterocycles. The van der Waals surface area contributed by atoms with Gasteiger partial charge in [0, 0.05) is 30.2 Å². The Labute approximate surface area is 118 Å². The van der Waals surface area contributed by atoms with Crippen molar-refractivity contribution < 1.29 is 4.39 Å². The summed E-state index contributed by atoms with van der Waals surface area (Å²) in [5.74, 6) is -0.339. The van der Waals surface area contributed by atoms with Crippen molar-refractivity contribution in [3.8, 4) is 0 Å². The number of rotatable bonds is 3. The number of hydrogen-bond donors (Lipinski definition) is 2. The van der Waals surface area contributed by atoms with Gasteiger partial charge in [0.15, 0.2) is 0 Å². The van der Waals surface area contributed by atoms with Gasteiger partial charge in [-0.1, -0.05) is 0 Å². The molecule has 0 spiro atoms. The Kier molecular flexibility index (Phi) is 3.46. The van der Waals surface area contributed by atoms with E-state index >= 15 is 0 Å². The summed E-state index contributed by atoms with van der Waals surface area (Å²) < 4.78 is 13.7. The van der Waals surface area contributed by atoms with E-state index in [-0.39, 0.29) is 5.82 Å². The van der Waals surface area contributed by atoms with Gasteiger partial charge < -0.3 is 16.0 Å². The maximum Gasteiger partial charge on any atom is 0.148 e. The first-order chi connectivity index (χ1) is 9.72. The van der Waals surface area contributed by atoms with Gasteiger partial charge in [-0.15, -0.1) is 0 Å². The van der Waals surface area contributed by atoms with Crippen LogP contribution >= 0.6 is 0 Å². The fourth-order valence-electron chi connectivity index (χ4n) is 2.52. The Morgan fingerprint density at radius 1 is 1.00 bits per heavy atom. The Morgan fingerprint density at radius 2 is 1.70 bits per heavy atom. The predicted molar refractivity (Wildman–Crippen MR) is 82.0 cm³/mol. The normalized spacial score (nSPS) is 14.6. The van der Waals surface area contributed by atoms with E-state index in [1.54, 1.807) is 12.1 Å². The minimum Gasteiger partial charge on any atom is -0.399 e. The first-order valence-corrected chi connectivity index (χ1v) is 6.89. The molecule has 1 fully saturated rings. The molecule has 3 N–H and O–H groups in total. The van der Waals surface area contributed by atoms with Crippen LogP contribution in [0.15, 0.2) is 42.5 Å². The third-order valence-electron chi connectivity index (χ3n) is 3.61. The maximum atomic E-state index is 13.7. The fraction of sp³-hybridized carbons (Fsp3) is 0.250. The van der Waals surface area contributed by atoms with E-state index in [1.807, 2.05) is 12.1 Å². The first kappa shape index (κ1) is 12.8. The molecule has 2 aromatic carbocycles. The van der Waals surface area contributed by atoms with E-state index in [9.17, 15) is 4.39 Å². The summed E-state index contributed by atoms with van der Waals surface area (Å²) in [5, 5.41) is 3.07. The van der Waals surface area contributed by atoms with Crippen molar-refractivity contribution in [2.24, 2.45) is 0 Å². The number of halogens is 1. The zero-order chi connectivity index (χ0) is 13.9. The van der Waals surface area contributed by atoms with Crippen LogP contribution < -0.4 is 16.0 Å². The summed E-state index contributed by atoms with van der Waals surface area (Å²) in [4.78, 5) is 2.37. The summed E-state index contributed by atoms with van der Waals surface area (Å²) >= 11 is 0. The van der Waals surface area contributed by atoms with Crippen LogP contribution in [0.4, 0.5) is 27.1 Å². The van der Waals surface area contributed by atoms with Crippen LogP contribution in [0.5, 0.6) is 0 Å². The van der Waals surface area contributed by atoms with Gasteiger partial charge in [0.25, 0.3) is 0 Å². The largest absolute Gasteiger partial charge is 0.399 e. The highest BCUT2D eigenvalue weighted by molar-refractivity contribution is 5.65. The number of hydrogen-bond acceptors (Lipinski definition) is 3. The predicted octanol–water partition coefficient (Wildman–Crippen LogP) is 3.75. The second kappa shape index (κ2) is 5.41. The lowest BCUT2D eigenvalue weighted by Crippen LogP contribution is -2.17. The number of nitrogens with zero attached hydrogens (tertiary/aromatic N) is 1. The standard InChI is InChI=1S/C16H18FN3/c17-15-11-12(18)3-8-16(15)19-13-4-6-14(7-5-13)20-9-1-2-10-20/h3-8,11,19H,1-2,9-10,18H2. The van der Waals surface area contributed by atoms with Crippen LogP contribution in [0.1, 0.15) is 12.8 Å². The third kappa shape index (κ3) is 2.69. The van der Waals surface area contributed by atoms with Crippen LogP contribution in [0.25, 0.3) is 0 Å². The van der Waals surface area contributed by atoms with Gasteiger partial charge in [-0.25, -0.2) is 4.39 Å². The Bertz CT molecular complexity index is 589. The van der Waals surface area contributed by atoms with Gasteiger partial charge in [-0.2, -0.15) is 0 Å². The molecule has 0 radical (unpaired) electrons. The zero-order valence-corrected chi connectivity index (χ0v) is 11.3. The van der Waals surface area contributed by atoms with Crippen molar-refractivity contribution >= 4 is 22.7 Å². The number of anilines is 4. The van der Waals surface area contributed by atoms with Gasteiger partial charge in [-0.3, -0.25) is 0 Å². The molecule has 20 heavy (non-hydrogen) atoms. The zero-order valence-electron chi connectivity index (χ0n) is 11.3. The van der Waals surface area contributed by atoms with Crippen LogP contribution in [0.2, 0.25) is 0 Å². The molecule has 104 valence electrons. The molecule has 1 aliphatic heterocycles. The van der Waals surface area contributed by atoms with Crippen LogP contribution in [0, 0.1) is 5.82 Å². The highest BCUT2D eigenvalue weighted by Gasteiger charge is 2.11. The molecule has 3 nitrogen and oxygen atoms in total. The lowest BCUT2D eigenvalue weighted by Gasteiger charge is -2.18. The monoisotopic (exact) mass is 271 g/mol. The SMILES string of the molecule is Nc1ccc(Nc2ccc(N3CCCC3)cc2)c(F)c1. The highest BCUT2D eigenvalue weighted by atomic mass is 19.1. The van der Waals surface area contributed by atoms with Crippen molar-refractivity contribution in [1.82, 2.24) is 0 Å². The van der Waals surface area contributed by atoms with E-state index in [4.69, 9.17) is 5.73 Å². The summed E-state index contributed by atoms with van der Waals surface area (Å²) in [7, 11) is 0. The average molecular weight is 271 g/mol. The van der Waals surface area contributed by atoms with E-state index in [2.05, 4.69) is 22.3 Å². The highest BCUT2D eigenvalue weighted by Crippen LogP contribution is 2.25. The van der Waals surface area contributed by atoms with Crippen molar-refractivity contribution in [3.63, 3.8) is 0 Å². The molecule has 0 bridgehead atoms. The molecule has 1 aliphatic rings. The summed E-state index contributed by atoms with van der Waals surface area (Å²) in [6.45, 7) is 2.25. The fourth-order valence-corrected chi connectivity index (χ4v) is 2.52. The minimum atomic E-state index is -0.339. The van der Waals surface area contributed by atoms with Gasteiger partial charge in [0.2, 0.25) is 0 Å². The van der Waals surface area contributed by atoms with Gasteiger partial charge in [0.05, 0.1) is 5.69 Å². The lowest BCUT2D eigenvalue weighted by atomic mass is 10.2. The van der Waals surface area contributed by atoms with Crippen molar-refractivity contribution in [3.05, 3.63) is 48.3 Å². The molecule has 1 heterocycles. The van der Waals surface area contributed by atoms with Crippen molar-refractivity contribution in [2.45, 2.75) is 12.8 Å². The van der Waals surface area contributed by atoms with Gasteiger partial charge >= 0.3 is 0 Å². The Balaban J connectivity index is 1.74. The second-order valence-corrected chi connectivity index (χ2v) is 5.11. The molecule has 0 unspecified atom stereocenters. The molecule has 2 aromatic rings. The van der Waals surface area contributed by atoms with E-state index < -0.39 is 0 Å². The molecule has 0 saturated carbocycles. The Morgan fingerprint density at radius 3 is 2.35 bits per heavy atom.